The molecule has 28 heavy (non-hydrogen) atoms. The monoisotopic (exact) mass is 395 g/mol. The van der Waals surface area contributed by atoms with Gasteiger partial charge in [0.25, 0.3) is 0 Å². The zero-order chi connectivity index (χ0) is 19.3. The van der Waals surface area contributed by atoms with E-state index in [9.17, 15) is 0 Å². The fourth-order valence-electron chi connectivity index (χ4n) is 3.31. The molecule has 1 aliphatic rings. The number of halogens is 1. The Kier molecular flexibility index (Phi) is 5.48. The first-order chi connectivity index (χ1) is 13.7. The number of methoxy groups -OCH3 is 1. The highest BCUT2D eigenvalue weighted by atomic mass is 35.5. The van der Waals surface area contributed by atoms with E-state index < -0.39 is 0 Å². The van der Waals surface area contributed by atoms with Gasteiger partial charge in [-0.1, -0.05) is 29.8 Å². The highest BCUT2D eigenvalue weighted by Gasteiger charge is 2.18. The maximum atomic E-state index is 6.20. The molecule has 0 bridgehead atoms. The second-order valence-electron chi connectivity index (χ2n) is 6.55. The zero-order valence-electron chi connectivity index (χ0n) is 15.7. The number of hydrogen-bond donors (Lipinski definition) is 1. The van der Waals surface area contributed by atoms with Crippen LogP contribution < -0.4 is 19.9 Å². The van der Waals surface area contributed by atoms with Crippen molar-refractivity contribution in [3.8, 4) is 5.75 Å². The van der Waals surface area contributed by atoms with Crippen LogP contribution in [0.3, 0.4) is 0 Å². The lowest BCUT2D eigenvalue weighted by atomic mass is 10.2. The van der Waals surface area contributed by atoms with Crippen LogP contribution in [-0.2, 0) is 0 Å². The van der Waals surface area contributed by atoms with Crippen molar-refractivity contribution in [2.75, 3.05) is 48.4 Å². The number of rotatable bonds is 5. The van der Waals surface area contributed by atoms with Gasteiger partial charge in [0, 0.05) is 43.6 Å². The molecule has 7 heteroatoms. The fraction of sp³-hybridized carbons (Fsp3) is 0.238. The Morgan fingerprint density at radius 2 is 1.68 bits per heavy atom. The molecule has 1 aromatic heterocycles. The van der Waals surface area contributed by atoms with E-state index in [1.54, 1.807) is 13.4 Å². The van der Waals surface area contributed by atoms with Crippen molar-refractivity contribution >= 4 is 34.6 Å². The highest BCUT2D eigenvalue weighted by Crippen LogP contribution is 2.29. The molecule has 0 atom stereocenters. The van der Waals surface area contributed by atoms with Crippen molar-refractivity contribution < 1.29 is 4.74 Å². The van der Waals surface area contributed by atoms with Crippen LogP contribution in [0.2, 0.25) is 5.02 Å². The summed E-state index contributed by atoms with van der Waals surface area (Å²) in [5.41, 5.74) is 2.12. The third-order valence-corrected chi connectivity index (χ3v) is 5.10. The van der Waals surface area contributed by atoms with Crippen LogP contribution in [-0.4, -0.2) is 43.3 Å². The van der Waals surface area contributed by atoms with Gasteiger partial charge in [0.1, 0.15) is 23.7 Å². The first kappa shape index (κ1) is 18.4. The van der Waals surface area contributed by atoms with Crippen molar-refractivity contribution in [3.05, 3.63) is 65.9 Å². The molecule has 4 rings (SSSR count). The Morgan fingerprint density at radius 1 is 0.929 bits per heavy atom. The largest absolute Gasteiger partial charge is 0.495 e. The maximum absolute atomic E-state index is 6.20. The van der Waals surface area contributed by atoms with Crippen molar-refractivity contribution in [1.29, 1.82) is 0 Å². The van der Waals surface area contributed by atoms with E-state index in [4.69, 9.17) is 16.3 Å². The Bertz CT molecular complexity index is 929. The Morgan fingerprint density at radius 3 is 2.39 bits per heavy atom. The minimum Gasteiger partial charge on any atom is -0.495 e. The van der Waals surface area contributed by atoms with Crippen LogP contribution in [0, 0.1) is 0 Å². The van der Waals surface area contributed by atoms with Crippen LogP contribution in [0.5, 0.6) is 5.75 Å². The molecule has 0 spiro atoms. The summed E-state index contributed by atoms with van der Waals surface area (Å²) < 4.78 is 5.19. The average molecular weight is 396 g/mol. The summed E-state index contributed by atoms with van der Waals surface area (Å²) in [6.45, 7) is 3.76. The number of benzene rings is 2. The van der Waals surface area contributed by atoms with Gasteiger partial charge in [-0.15, -0.1) is 0 Å². The van der Waals surface area contributed by atoms with Gasteiger partial charge in [-0.05, 0) is 30.3 Å². The van der Waals surface area contributed by atoms with Gasteiger partial charge in [-0.2, -0.15) is 0 Å². The number of piperazine rings is 1. The molecule has 6 nitrogen and oxygen atoms in total. The fourth-order valence-corrected chi connectivity index (χ4v) is 3.57. The minimum atomic E-state index is 0.554. The molecule has 2 aromatic carbocycles. The number of nitrogens with one attached hydrogen (secondary N) is 1. The first-order valence-electron chi connectivity index (χ1n) is 9.20. The second kappa shape index (κ2) is 8.35. The molecule has 0 amide bonds. The van der Waals surface area contributed by atoms with E-state index in [0.717, 1.165) is 43.5 Å². The molecule has 0 unspecified atom stereocenters. The summed E-state index contributed by atoms with van der Waals surface area (Å²) >= 11 is 6.20. The Hall–Kier alpha value is -2.99. The van der Waals surface area contributed by atoms with Gasteiger partial charge in [0.15, 0.2) is 0 Å². The molecule has 3 aromatic rings. The average Bonchev–Trinajstić information content (AvgIpc) is 2.75. The lowest BCUT2D eigenvalue weighted by molar-refractivity contribution is 0.415. The number of ether oxygens (including phenoxy) is 1. The van der Waals surface area contributed by atoms with Crippen molar-refractivity contribution in [3.63, 3.8) is 0 Å². The number of para-hydroxylation sites is 1. The van der Waals surface area contributed by atoms with E-state index in [0.29, 0.717) is 10.8 Å². The van der Waals surface area contributed by atoms with Gasteiger partial charge in [-0.25, -0.2) is 9.97 Å². The summed E-state index contributed by atoms with van der Waals surface area (Å²) in [5, 5.41) is 3.84. The highest BCUT2D eigenvalue weighted by molar-refractivity contribution is 6.32. The summed E-state index contributed by atoms with van der Waals surface area (Å²) in [6.07, 6.45) is 1.59. The van der Waals surface area contributed by atoms with E-state index >= 15 is 0 Å². The standard InChI is InChI=1S/C21H22ClN5O/c1-28-19-8-7-16(13-18(19)22)25-20-14-21(24-15-23-20)27-11-9-26(10-12-27)17-5-3-2-4-6-17/h2-8,13-15H,9-12H2,1H3,(H,23,24,25). The molecule has 1 aliphatic heterocycles. The topological polar surface area (TPSA) is 53.5 Å². The summed E-state index contributed by atoms with van der Waals surface area (Å²) in [7, 11) is 1.60. The molecule has 2 heterocycles. The molecule has 1 N–H and O–H groups in total. The third-order valence-electron chi connectivity index (χ3n) is 4.80. The Labute approximate surface area is 169 Å². The van der Waals surface area contributed by atoms with E-state index in [1.165, 1.54) is 5.69 Å². The smallest absolute Gasteiger partial charge is 0.137 e. The molecule has 1 fully saturated rings. The van der Waals surface area contributed by atoms with Crippen LogP contribution in [0.15, 0.2) is 60.9 Å². The lowest BCUT2D eigenvalue weighted by Crippen LogP contribution is -2.46. The van der Waals surface area contributed by atoms with Gasteiger partial charge in [0.2, 0.25) is 0 Å². The van der Waals surface area contributed by atoms with Gasteiger partial charge < -0.3 is 19.9 Å². The lowest BCUT2D eigenvalue weighted by Gasteiger charge is -2.36. The maximum Gasteiger partial charge on any atom is 0.137 e. The summed E-state index contributed by atoms with van der Waals surface area (Å²) in [6, 6.07) is 18.0. The minimum absolute atomic E-state index is 0.554. The van der Waals surface area contributed by atoms with Gasteiger partial charge in [-0.3, -0.25) is 0 Å². The third kappa shape index (κ3) is 4.12. The molecular formula is C21H22ClN5O. The van der Waals surface area contributed by atoms with Crippen LogP contribution in [0.1, 0.15) is 0 Å². The van der Waals surface area contributed by atoms with Crippen LogP contribution >= 0.6 is 11.6 Å². The van der Waals surface area contributed by atoms with Crippen molar-refractivity contribution in [2.45, 2.75) is 0 Å². The quantitative estimate of drug-likeness (QED) is 0.698. The number of anilines is 4. The predicted molar refractivity (Wildman–Crippen MR) is 114 cm³/mol. The first-order valence-corrected chi connectivity index (χ1v) is 9.58. The van der Waals surface area contributed by atoms with Gasteiger partial charge >= 0.3 is 0 Å². The molecule has 144 valence electrons. The van der Waals surface area contributed by atoms with Crippen LogP contribution in [0.25, 0.3) is 0 Å². The van der Waals surface area contributed by atoms with Gasteiger partial charge in [0.05, 0.1) is 12.1 Å². The molecule has 0 radical (unpaired) electrons. The molecular weight excluding hydrogens is 374 g/mol. The number of aromatic nitrogens is 2. The number of nitrogens with zero attached hydrogens (tertiary/aromatic N) is 4. The predicted octanol–water partition coefficient (Wildman–Crippen LogP) is 4.21. The summed E-state index contributed by atoms with van der Waals surface area (Å²) in [4.78, 5) is 13.5. The zero-order valence-corrected chi connectivity index (χ0v) is 16.4. The van der Waals surface area contributed by atoms with Crippen molar-refractivity contribution in [2.24, 2.45) is 0 Å². The second-order valence-corrected chi connectivity index (χ2v) is 6.95. The molecule has 0 saturated carbocycles. The van der Waals surface area contributed by atoms with Crippen molar-refractivity contribution in [1.82, 2.24) is 9.97 Å². The number of hydrogen-bond acceptors (Lipinski definition) is 6. The SMILES string of the molecule is COc1ccc(Nc2cc(N3CCN(c4ccccc4)CC3)ncn2)cc1Cl. The van der Waals surface area contributed by atoms with E-state index in [-0.39, 0.29) is 0 Å². The molecule has 0 aliphatic carbocycles. The Balaban J connectivity index is 1.42. The summed E-state index contributed by atoms with van der Waals surface area (Å²) in [5.74, 6) is 2.30. The normalized spacial score (nSPS) is 14.1. The van der Waals surface area contributed by atoms with Crippen LogP contribution in [0.4, 0.5) is 23.0 Å². The van der Waals surface area contributed by atoms with E-state index in [1.807, 2.05) is 30.3 Å². The molecule has 1 saturated heterocycles. The van der Waals surface area contributed by atoms with E-state index in [2.05, 4.69) is 49.4 Å².